The molecule has 1 amide bonds. The van der Waals surface area contributed by atoms with Crippen LogP contribution < -0.4 is 0 Å². The van der Waals surface area contributed by atoms with Gasteiger partial charge in [-0.05, 0) is 11.4 Å². The van der Waals surface area contributed by atoms with E-state index in [9.17, 15) is 4.79 Å². The summed E-state index contributed by atoms with van der Waals surface area (Å²) in [7, 11) is 0. The predicted octanol–water partition coefficient (Wildman–Crippen LogP) is 0.565. The van der Waals surface area contributed by atoms with Gasteiger partial charge in [-0.1, -0.05) is 0 Å². The highest BCUT2D eigenvalue weighted by atomic mass is 32.1. The average molecular weight is 183 g/mol. The fourth-order valence-corrected chi connectivity index (χ4v) is 1.82. The van der Waals surface area contributed by atoms with Crippen LogP contribution in [0, 0.1) is 0 Å². The van der Waals surface area contributed by atoms with Crippen LogP contribution in [0.25, 0.3) is 0 Å². The zero-order valence-corrected chi connectivity index (χ0v) is 7.25. The minimum Gasteiger partial charge on any atom is -0.389 e. The summed E-state index contributed by atoms with van der Waals surface area (Å²) in [5, 5.41) is 12.7. The van der Waals surface area contributed by atoms with Crippen LogP contribution >= 0.6 is 11.3 Å². The van der Waals surface area contributed by atoms with Crippen molar-refractivity contribution in [1.29, 1.82) is 0 Å². The molecular formula is C8H9NO2S. The molecule has 1 aromatic rings. The molecule has 1 aromatic heterocycles. The van der Waals surface area contributed by atoms with E-state index >= 15 is 0 Å². The number of carbonyl (C=O) groups is 1. The van der Waals surface area contributed by atoms with Crippen LogP contribution in [-0.4, -0.2) is 35.1 Å². The molecule has 4 heteroatoms. The monoisotopic (exact) mass is 183 g/mol. The highest BCUT2D eigenvalue weighted by molar-refractivity contribution is 7.08. The summed E-state index contributed by atoms with van der Waals surface area (Å²) in [5.74, 6) is 0.0292. The van der Waals surface area contributed by atoms with E-state index < -0.39 is 0 Å². The number of aliphatic hydroxyl groups is 1. The Kier molecular flexibility index (Phi) is 1.86. The van der Waals surface area contributed by atoms with Crippen LogP contribution in [0.2, 0.25) is 0 Å². The van der Waals surface area contributed by atoms with Gasteiger partial charge in [0.25, 0.3) is 5.91 Å². The third kappa shape index (κ3) is 1.23. The Morgan fingerprint density at radius 2 is 2.42 bits per heavy atom. The summed E-state index contributed by atoms with van der Waals surface area (Å²) in [6.07, 6.45) is -0.312. The smallest absolute Gasteiger partial charge is 0.254 e. The van der Waals surface area contributed by atoms with E-state index in [2.05, 4.69) is 0 Å². The van der Waals surface area contributed by atoms with Crippen molar-refractivity contribution in [2.45, 2.75) is 6.10 Å². The Labute approximate surface area is 74.2 Å². The summed E-state index contributed by atoms with van der Waals surface area (Å²) in [5.41, 5.74) is 0.729. The molecule has 0 saturated carbocycles. The minimum atomic E-state index is -0.312. The van der Waals surface area contributed by atoms with Gasteiger partial charge < -0.3 is 10.0 Å². The standard InChI is InChI=1S/C8H9NO2S/c10-7-3-9(4-7)8(11)6-1-2-12-5-6/h1-2,5,7,10H,3-4H2. The summed E-state index contributed by atoms with van der Waals surface area (Å²) in [4.78, 5) is 13.1. The maximum Gasteiger partial charge on any atom is 0.254 e. The molecule has 0 spiro atoms. The van der Waals surface area contributed by atoms with Crippen LogP contribution in [0.4, 0.5) is 0 Å². The number of carbonyl (C=O) groups excluding carboxylic acids is 1. The van der Waals surface area contributed by atoms with E-state index in [4.69, 9.17) is 5.11 Å². The van der Waals surface area contributed by atoms with Gasteiger partial charge in [0.1, 0.15) is 0 Å². The van der Waals surface area contributed by atoms with Crippen molar-refractivity contribution in [3.05, 3.63) is 22.4 Å². The summed E-state index contributed by atoms with van der Waals surface area (Å²) in [6, 6.07) is 1.80. The van der Waals surface area contributed by atoms with Crippen molar-refractivity contribution < 1.29 is 9.90 Å². The first kappa shape index (κ1) is 7.76. The number of hydrogen-bond donors (Lipinski definition) is 1. The Morgan fingerprint density at radius 1 is 1.67 bits per heavy atom. The Morgan fingerprint density at radius 3 is 2.92 bits per heavy atom. The maximum absolute atomic E-state index is 11.5. The molecule has 0 bridgehead atoms. The summed E-state index contributed by atoms with van der Waals surface area (Å²) < 4.78 is 0. The number of thiophene rings is 1. The van der Waals surface area contributed by atoms with Gasteiger partial charge in [0.05, 0.1) is 11.7 Å². The molecule has 3 nitrogen and oxygen atoms in total. The Balaban J connectivity index is 2.03. The highest BCUT2D eigenvalue weighted by Crippen LogP contribution is 2.14. The lowest BCUT2D eigenvalue weighted by molar-refractivity contribution is 0.00593. The normalized spacial score (nSPS) is 17.6. The molecule has 0 unspecified atom stereocenters. The molecule has 0 aliphatic carbocycles. The average Bonchev–Trinajstić information content (AvgIpc) is 2.49. The maximum atomic E-state index is 11.5. The number of likely N-dealkylation sites (tertiary alicyclic amines) is 1. The number of hydrogen-bond acceptors (Lipinski definition) is 3. The lowest BCUT2D eigenvalue weighted by Crippen LogP contribution is -2.53. The van der Waals surface area contributed by atoms with E-state index in [-0.39, 0.29) is 12.0 Å². The molecule has 0 atom stereocenters. The van der Waals surface area contributed by atoms with Crippen LogP contribution in [0.15, 0.2) is 16.8 Å². The second-order valence-corrected chi connectivity index (χ2v) is 3.66. The molecule has 1 aliphatic rings. The van der Waals surface area contributed by atoms with Crippen molar-refractivity contribution in [1.82, 2.24) is 4.90 Å². The molecule has 2 rings (SSSR count). The first-order valence-corrected chi connectivity index (χ1v) is 4.71. The molecular weight excluding hydrogens is 174 g/mol. The van der Waals surface area contributed by atoms with Crippen LogP contribution in [-0.2, 0) is 0 Å². The summed E-state index contributed by atoms with van der Waals surface area (Å²) >= 11 is 1.51. The molecule has 1 aliphatic heterocycles. The molecule has 12 heavy (non-hydrogen) atoms. The van der Waals surface area contributed by atoms with E-state index in [1.807, 2.05) is 10.8 Å². The largest absolute Gasteiger partial charge is 0.389 e. The first-order valence-electron chi connectivity index (χ1n) is 3.77. The van der Waals surface area contributed by atoms with Gasteiger partial charge in [0.2, 0.25) is 0 Å². The van der Waals surface area contributed by atoms with Crippen molar-refractivity contribution in [3.63, 3.8) is 0 Å². The molecule has 0 aromatic carbocycles. The van der Waals surface area contributed by atoms with Crippen LogP contribution in [0.1, 0.15) is 10.4 Å². The third-order valence-electron chi connectivity index (χ3n) is 1.92. The van der Waals surface area contributed by atoms with E-state index in [0.29, 0.717) is 13.1 Å². The van der Waals surface area contributed by atoms with Crippen LogP contribution in [0.5, 0.6) is 0 Å². The fraction of sp³-hybridized carbons (Fsp3) is 0.375. The Hall–Kier alpha value is -0.870. The van der Waals surface area contributed by atoms with E-state index in [0.717, 1.165) is 5.56 Å². The molecule has 0 radical (unpaired) electrons. The predicted molar refractivity (Wildman–Crippen MR) is 46.2 cm³/mol. The molecule has 2 heterocycles. The van der Waals surface area contributed by atoms with Crippen LogP contribution in [0.3, 0.4) is 0 Å². The van der Waals surface area contributed by atoms with Crippen molar-refractivity contribution >= 4 is 17.2 Å². The zero-order valence-electron chi connectivity index (χ0n) is 6.43. The van der Waals surface area contributed by atoms with Gasteiger partial charge >= 0.3 is 0 Å². The fourth-order valence-electron chi connectivity index (χ4n) is 1.19. The van der Waals surface area contributed by atoms with Gasteiger partial charge in [0, 0.05) is 18.5 Å². The number of β-amino-alcohol motifs (C(OH)–C–C–N with tert-alkyl or cyclic N) is 1. The van der Waals surface area contributed by atoms with Gasteiger partial charge in [0.15, 0.2) is 0 Å². The number of rotatable bonds is 1. The third-order valence-corrected chi connectivity index (χ3v) is 2.60. The molecule has 1 N–H and O–H groups in total. The Bertz CT molecular complexity index is 277. The van der Waals surface area contributed by atoms with E-state index in [1.54, 1.807) is 11.0 Å². The summed E-state index contributed by atoms with van der Waals surface area (Å²) in [6.45, 7) is 0.962. The number of nitrogens with zero attached hydrogens (tertiary/aromatic N) is 1. The topological polar surface area (TPSA) is 40.5 Å². The second kappa shape index (κ2) is 2.88. The molecule has 64 valence electrons. The minimum absolute atomic E-state index is 0.0292. The zero-order chi connectivity index (χ0) is 8.55. The number of amides is 1. The SMILES string of the molecule is O=C(c1ccsc1)N1CC(O)C1. The number of aliphatic hydroxyl groups excluding tert-OH is 1. The second-order valence-electron chi connectivity index (χ2n) is 2.88. The van der Waals surface area contributed by atoms with Crippen molar-refractivity contribution in [2.24, 2.45) is 0 Å². The lowest BCUT2D eigenvalue weighted by atomic mass is 10.1. The molecule has 1 saturated heterocycles. The lowest BCUT2D eigenvalue weighted by Gasteiger charge is -2.35. The van der Waals surface area contributed by atoms with Gasteiger partial charge in [-0.2, -0.15) is 11.3 Å². The van der Waals surface area contributed by atoms with E-state index in [1.165, 1.54) is 11.3 Å². The van der Waals surface area contributed by atoms with Gasteiger partial charge in [-0.25, -0.2) is 0 Å². The van der Waals surface area contributed by atoms with Crippen molar-refractivity contribution in [3.8, 4) is 0 Å². The highest BCUT2D eigenvalue weighted by Gasteiger charge is 2.29. The quantitative estimate of drug-likeness (QED) is 0.691. The van der Waals surface area contributed by atoms with Gasteiger partial charge in [-0.15, -0.1) is 0 Å². The first-order chi connectivity index (χ1) is 5.77. The molecule has 1 fully saturated rings. The van der Waals surface area contributed by atoms with Gasteiger partial charge in [-0.3, -0.25) is 4.79 Å². The van der Waals surface area contributed by atoms with Crippen molar-refractivity contribution in [2.75, 3.05) is 13.1 Å².